The monoisotopic (exact) mass is 209 g/mol. The standard InChI is InChI=1S/C11H15NO3/c1-7-4-8(9(13)6-12)5-10-11(7)15-3-2-14-10/h4-5,9,13H,2-3,6,12H2,1H3. The Hall–Kier alpha value is -1.26. The first-order valence-corrected chi connectivity index (χ1v) is 5.00. The predicted octanol–water partition coefficient (Wildman–Crippen LogP) is 0.758. The van der Waals surface area contributed by atoms with Gasteiger partial charge in [-0.25, -0.2) is 0 Å². The van der Waals surface area contributed by atoms with Crippen LogP contribution in [-0.4, -0.2) is 24.9 Å². The Morgan fingerprint density at radius 1 is 1.40 bits per heavy atom. The molecule has 2 rings (SSSR count). The first kappa shape index (κ1) is 10.3. The van der Waals surface area contributed by atoms with Gasteiger partial charge in [0.15, 0.2) is 11.5 Å². The van der Waals surface area contributed by atoms with Gasteiger partial charge < -0.3 is 20.3 Å². The van der Waals surface area contributed by atoms with Crippen molar-refractivity contribution in [2.24, 2.45) is 5.73 Å². The second-order valence-electron chi connectivity index (χ2n) is 3.61. The van der Waals surface area contributed by atoms with Crippen molar-refractivity contribution in [1.82, 2.24) is 0 Å². The fourth-order valence-corrected chi connectivity index (χ4v) is 1.68. The van der Waals surface area contributed by atoms with Gasteiger partial charge in [0.1, 0.15) is 13.2 Å². The van der Waals surface area contributed by atoms with Gasteiger partial charge in [0.2, 0.25) is 0 Å². The van der Waals surface area contributed by atoms with Gasteiger partial charge in [0.05, 0.1) is 6.10 Å². The van der Waals surface area contributed by atoms with Crippen LogP contribution < -0.4 is 15.2 Å². The average Bonchev–Trinajstić information content (AvgIpc) is 2.28. The Kier molecular flexibility index (Phi) is 2.79. The van der Waals surface area contributed by atoms with Crippen LogP contribution in [0.25, 0.3) is 0 Å². The van der Waals surface area contributed by atoms with E-state index in [0.717, 1.165) is 16.9 Å². The molecule has 0 bridgehead atoms. The Balaban J connectivity index is 2.40. The lowest BCUT2D eigenvalue weighted by Gasteiger charge is -2.22. The normalized spacial score (nSPS) is 16.2. The summed E-state index contributed by atoms with van der Waals surface area (Å²) in [4.78, 5) is 0. The highest BCUT2D eigenvalue weighted by molar-refractivity contribution is 5.50. The second-order valence-corrected chi connectivity index (χ2v) is 3.61. The number of ether oxygens (including phenoxy) is 2. The molecule has 1 atom stereocenters. The summed E-state index contributed by atoms with van der Waals surface area (Å²) in [6.45, 7) is 3.26. The molecule has 1 unspecified atom stereocenters. The number of hydrogen-bond acceptors (Lipinski definition) is 4. The van der Waals surface area contributed by atoms with E-state index in [0.29, 0.717) is 19.0 Å². The number of aliphatic hydroxyl groups is 1. The lowest BCUT2D eigenvalue weighted by Crippen LogP contribution is -2.17. The molecule has 0 aliphatic carbocycles. The molecule has 15 heavy (non-hydrogen) atoms. The molecule has 0 aromatic heterocycles. The van der Waals surface area contributed by atoms with Crippen LogP contribution in [0.3, 0.4) is 0 Å². The van der Waals surface area contributed by atoms with Crippen molar-refractivity contribution in [3.8, 4) is 11.5 Å². The second kappa shape index (κ2) is 4.08. The highest BCUT2D eigenvalue weighted by atomic mass is 16.6. The summed E-state index contributed by atoms with van der Waals surface area (Å²) >= 11 is 0. The van der Waals surface area contributed by atoms with Crippen molar-refractivity contribution in [3.05, 3.63) is 23.3 Å². The quantitative estimate of drug-likeness (QED) is 0.754. The average molecular weight is 209 g/mol. The van der Waals surface area contributed by atoms with E-state index in [2.05, 4.69) is 0 Å². The van der Waals surface area contributed by atoms with Gasteiger partial charge in [-0.15, -0.1) is 0 Å². The number of nitrogens with two attached hydrogens (primary N) is 1. The van der Waals surface area contributed by atoms with Crippen LogP contribution in [-0.2, 0) is 0 Å². The molecular weight excluding hydrogens is 194 g/mol. The van der Waals surface area contributed by atoms with Crippen molar-refractivity contribution in [1.29, 1.82) is 0 Å². The molecule has 0 saturated carbocycles. The van der Waals surface area contributed by atoms with Crippen molar-refractivity contribution in [2.45, 2.75) is 13.0 Å². The molecule has 0 radical (unpaired) electrons. The Morgan fingerprint density at radius 3 is 2.87 bits per heavy atom. The van der Waals surface area contributed by atoms with E-state index in [4.69, 9.17) is 15.2 Å². The molecular formula is C11H15NO3. The zero-order valence-corrected chi connectivity index (χ0v) is 8.69. The number of aryl methyl sites for hydroxylation is 1. The van der Waals surface area contributed by atoms with Crippen LogP contribution >= 0.6 is 0 Å². The Bertz CT molecular complexity index is 365. The van der Waals surface area contributed by atoms with Crippen molar-refractivity contribution >= 4 is 0 Å². The van der Waals surface area contributed by atoms with E-state index in [1.807, 2.05) is 13.0 Å². The molecule has 1 aromatic rings. The first-order valence-electron chi connectivity index (χ1n) is 5.00. The van der Waals surface area contributed by atoms with E-state index in [9.17, 15) is 5.11 Å². The van der Waals surface area contributed by atoms with Crippen LogP contribution in [0.1, 0.15) is 17.2 Å². The summed E-state index contributed by atoms with van der Waals surface area (Å²) in [6, 6.07) is 3.67. The summed E-state index contributed by atoms with van der Waals surface area (Å²) in [6.07, 6.45) is -0.639. The maximum absolute atomic E-state index is 9.63. The Morgan fingerprint density at radius 2 is 2.13 bits per heavy atom. The molecule has 4 heteroatoms. The number of fused-ring (bicyclic) bond motifs is 1. The van der Waals surface area contributed by atoms with Crippen molar-refractivity contribution in [2.75, 3.05) is 19.8 Å². The van der Waals surface area contributed by atoms with Gasteiger partial charge in [0.25, 0.3) is 0 Å². The van der Waals surface area contributed by atoms with E-state index in [-0.39, 0.29) is 6.54 Å². The van der Waals surface area contributed by atoms with Crippen molar-refractivity contribution < 1.29 is 14.6 Å². The van der Waals surface area contributed by atoms with Gasteiger partial charge >= 0.3 is 0 Å². The fraction of sp³-hybridized carbons (Fsp3) is 0.455. The number of aliphatic hydroxyl groups excluding tert-OH is 1. The summed E-state index contributed by atoms with van der Waals surface area (Å²) in [5, 5.41) is 9.63. The molecule has 0 amide bonds. The summed E-state index contributed by atoms with van der Waals surface area (Å²) < 4.78 is 10.9. The molecule has 1 aliphatic heterocycles. The summed E-state index contributed by atoms with van der Waals surface area (Å²) in [5.74, 6) is 1.47. The molecule has 1 aromatic carbocycles. The predicted molar refractivity (Wildman–Crippen MR) is 56.2 cm³/mol. The van der Waals surface area contributed by atoms with E-state index < -0.39 is 6.10 Å². The molecule has 3 N–H and O–H groups in total. The lowest BCUT2D eigenvalue weighted by atomic mass is 10.0. The molecule has 0 saturated heterocycles. The molecule has 0 spiro atoms. The summed E-state index contributed by atoms with van der Waals surface area (Å²) in [5.41, 5.74) is 7.15. The van der Waals surface area contributed by atoms with Gasteiger partial charge in [-0.1, -0.05) is 0 Å². The minimum Gasteiger partial charge on any atom is -0.486 e. The fourth-order valence-electron chi connectivity index (χ4n) is 1.68. The van der Waals surface area contributed by atoms with Gasteiger partial charge in [-0.05, 0) is 30.2 Å². The van der Waals surface area contributed by atoms with Crippen LogP contribution in [0, 0.1) is 6.92 Å². The minimum atomic E-state index is -0.639. The summed E-state index contributed by atoms with van der Waals surface area (Å²) in [7, 11) is 0. The van der Waals surface area contributed by atoms with E-state index >= 15 is 0 Å². The van der Waals surface area contributed by atoms with Crippen LogP contribution in [0.4, 0.5) is 0 Å². The largest absolute Gasteiger partial charge is 0.486 e. The highest BCUT2D eigenvalue weighted by Gasteiger charge is 2.17. The smallest absolute Gasteiger partial charge is 0.164 e. The number of rotatable bonds is 2. The van der Waals surface area contributed by atoms with Crippen molar-refractivity contribution in [3.63, 3.8) is 0 Å². The first-order chi connectivity index (χ1) is 7.22. The van der Waals surface area contributed by atoms with Crippen LogP contribution in [0.5, 0.6) is 11.5 Å². The zero-order valence-electron chi connectivity index (χ0n) is 8.69. The Labute approximate surface area is 88.6 Å². The molecule has 0 fully saturated rings. The molecule has 82 valence electrons. The topological polar surface area (TPSA) is 64.7 Å². The van der Waals surface area contributed by atoms with Gasteiger partial charge in [-0.2, -0.15) is 0 Å². The van der Waals surface area contributed by atoms with Gasteiger partial charge in [0, 0.05) is 6.54 Å². The van der Waals surface area contributed by atoms with Crippen LogP contribution in [0.15, 0.2) is 12.1 Å². The number of hydrogen-bond donors (Lipinski definition) is 2. The molecule has 1 heterocycles. The number of benzene rings is 1. The lowest BCUT2D eigenvalue weighted by molar-refractivity contribution is 0.165. The zero-order chi connectivity index (χ0) is 10.8. The van der Waals surface area contributed by atoms with Crippen LogP contribution in [0.2, 0.25) is 0 Å². The maximum Gasteiger partial charge on any atom is 0.164 e. The highest BCUT2D eigenvalue weighted by Crippen LogP contribution is 2.36. The molecule has 1 aliphatic rings. The third-order valence-electron chi connectivity index (χ3n) is 2.46. The third-order valence-corrected chi connectivity index (χ3v) is 2.46. The SMILES string of the molecule is Cc1cc(C(O)CN)cc2c1OCCO2. The van der Waals surface area contributed by atoms with E-state index in [1.54, 1.807) is 6.07 Å². The maximum atomic E-state index is 9.63. The molecule has 4 nitrogen and oxygen atoms in total. The third kappa shape index (κ3) is 1.91. The van der Waals surface area contributed by atoms with Gasteiger partial charge in [-0.3, -0.25) is 0 Å². The van der Waals surface area contributed by atoms with E-state index in [1.165, 1.54) is 0 Å². The minimum absolute atomic E-state index is 0.207.